The number of anilines is 1. The fourth-order valence-corrected chi connectivity index (χ4v) is 5.29. The Labute approximate surface area is 198 Å². The Bertz CT molecular complexity index is 1350. The Kier molecular flexibility index (Phi) is 5.28. The lowest BCUT2D eigenvalue weighted by Crippen LogP contribution is -2.50. The van der Waals surface area contributed by atoms with Gasteiger partial charge in [0.15, 0.2) is 11.5 Å². The summed E-state index contributed by atoms with van der Waals surface area (Å²) in [5.41, 5.74) is 2.59. The number of hydrogen-bond donors (Lipinski definition) is 0. The van der Waals surface area contributed by atoms with Crippen LogP contribution in [0.2, 0.25) is 0 Å². The maximum Gasteiger partial charge on any atom is 0.225 e. The summed E-state index contributed by atoms with van der Waals surface area (Å²) in [6.07, 6.45) is 4.43. The van der Waals surface area contributed by atoms with Gasteiger partial charge in [0.1, 0.15) is 5.75 Å². The van der Waals surface area contributed by atoms with Gasteiger partial charge in [-0.2, -0.15) is 0 Å². The average Bonchev–Trinajstić information content (AvgIpc) is 3.59. The van der Waals surface area contributed by atoms with E-state index in [0.29, 0.717) is 19.0 Å². The van der Waals surface area contributed by atoms with Gasteiger partial charge in [-0.05, 0) is 37.1 Å². The van der Waals surface area contributed by atoms with Crippen molar-refractivity contribution in [2.45, 2.75) is 25.7 Å². The van der Waals surface area contributed by atoms with Gasteiger partial charge in [0.05, 0.1) is 12.6 Å². The first-order valence-electron chi connectivity index (χ1n) is 12.0. The zero-order chi connectivity index (χ0) is 23.1. The molecule has 1 saturated carbocycles. The van der Waals surface area contributed by atoms with Crippen molar-refractivity contribution < 1.29 is 9.53 Å². The first kappa shape index (κ1) is 20.9. The van der Waals surface area contributed by atoms with Gasteiger partial charge in [-0.1, -0.05) is 37.1 Å². The molecular formula is C26H28N6O2. The molecule has 4 aromatic rings. The molecule has 0 unspecified atom stereocenters. The van der Waals surface area contributed by atoms with Crippen molar-refractivity contribution in [2.24, 2.45) is 5.92 Å². The van der Waals surface area contributed by atoms with E-state index in [1.54, 1.807) is 7.11 Å². The van der Waals surface area contributed by atoms with Gasteiger partial charge < -0.3 is 14.5 Å². The van der Waals surface area contributed by atoms with Crippen molar-refractivity contribution in [1.29, 1.82) is 0 Å². The Hall–Kier alpha value is -3.68. The van der Waals surface area contributed by atoms with Crippen LogP contribution in [-0.4, -0.2) is 63.7 Å². The summed E-state index contributed by atoms with van der Waals surface area (Å²) in [4.78, 5) is 22.3. The number of hydrogen-bond acceptors (Lipinski definition) is 6. The van der Waals surface area contributed by atoms with Crippen LogP contribution >= 0.6 is 0 Å². The molecule has 0 radical (unpaired) electrons. The molecule has 2 aliphatic rings. The predicted molar refractivity (Wildman–Crippen MR) is 131 cm³/mol. The number of aromatic nitrogens is 4. The second-order valence-electron chi connectivity index (χ2n) is 9.14. The van der Waals surface area contributed by atoms with Crippen molar-refractivity contribution in [2.75, 3.05) is 38.2 Å². The summed E-state index contributed by atoms with van der Waals surface area (Å²) in [5.74, 6) is 2.85. The van der Waals surface area contributed by atoms with Gasteiger partial charge in [-0.3, -0.25) is 4.79 Å². The lowest BCUT2D eigenvalue weighted by atomic mass is 10.1. The molecule has 0 atom stereocenters. The summed E-state index contributed by atoms with van der Waals surface area (Å²) in [5, 5.41) is 10.1. The first-order valence-corrected chi connectivity index (χ1v) is 12.0. The highest BCUT2D eigenvalue weighted by molar-refractivity contribution is 5.93. The van der Waals surface area contributed by atoms with Crippen LogP contribution in [0.5, 0.6) is 5.75 Å². The molecule has 1 aliphatic heterocycles. The van der Waals surface area contributed by atoms with E-state index in [9.17, 15) is 4.79 Å². The van der Waals surface area contributed by atoms with Crippen LogP contribution in [0.3, 0.4) is 0 Å². The lowest BCUT2D eigenvalue weighted by Gasteiger charge is -2.36. The molecule has 6 rings (SSSR count). The third-order valence-corrected chi connectivity index (χ3v) is 7.13. The largest absolute Gasteiger partial charge is 0.497 e. The maximum absolute atomic E-state index is 12.9. The number of ether oxygens (including phenoxy) is 1. The standard InChI is InChI=1S/C26H28N6O2/c1-34-20-10-6-9-19(17-20)23-28-29-24-21-11-4-5-12-22(21)27-26(32(23)24)31-15-13-30(14-16-31)25(33)18-7-2-3-8-18/h4-6,9-12,17-18H,2-3,7-8,13-16H2,1H3. The molecule has 34 heavy (non-hydrogen) atoms. The van der Waals surface area contributed by atoms with Crippen molar-refractivity contribution in [3.63, 3.8) is 0 Å². The average molecular weight is 457 g/mol. The van der Waals surface area contributed by atoms with E-state index >= 15 is 0 Å². The van der Waals surface area contributed by atoms with E-state index in [-0.39, 0.29) is 5.92 Å². The van der Waals surface area contributed by atoms with Gasteiger partial charge in [0.2, 0.25) is 11.9 Å². The molecule has 2 aromatic carbocycles. The van der Waals surface area contributed by atoms with Crippen LogP contribution in [0.15, 0.2) is 48.5 Å². The normalized spacial score (nSPS) is 17.1. The zero-order valence-corrected chi connectivity index (χ0v) is 19.4. The third kappa shape index (κ3) is 3.54. The third-order valence-electron chi connectivity index (χ3n) is 7.13. The first-order chi connectivity index (χ1) is 16.7. The fraction of sp³-hybridized carbons (Fsp3) is 0.385. The molecule has 1 saturated heterocycles. The minimum absolute atomic E-state index is 0.217. The van der Waals surface area contributed by atoms with Crippen LogP contribution < -0.4 is 9.64 Å². The Morgan fingerprint density at radius 2 is 1.76 bits per heavy atom. The molecule has 1 aliphatic carbocycles. The highest BCUT2D eigenvalue weighted by atomic mass is 16.5. The van der Waals surface area contributed by atoms with E-state index in [1.165, 1.54) is 12.8 Å². The summed E-state index contributed by atoms with van der Waals surface area (Å²) in [6, 6.07) is 15.9. The number of benzene rings is 2. The molecule has 2 aromatic heterocycles. The number of piperazine rings is 1. The van der Waals surface area contributed by atoms with Gasteiger partial charge in [-0.25, -0.2) is 9.38 Å². The van der Waals surface area contributed by atoms with E-state index in [4.69, 9.17) is 9.72 Å². The van der Waals surface area contributed by atoms with E-state index in [2.05, 4.69) is 15.1 Å². The number of rotatable bonds is 4. The van der Waals surface area contributed by atoms with E-state index in [0.717, 1.165) is 65.6 Å². The number of fused-ring (bicyclic) bond motifs is 3. The molecule has 174 valence electrons. The van der Waals surface area contributed by atoms with Crippen molar-refractivity contribution in [3.8, 4) is 17.1 Å². The van der Waals surface area contributed by atoms with Crippen molar-refractivity contribution in [3.05, 3.63) is 48.5 Å². The quantitative estimate of drug-likeness (QED) is 0.465. The lowest BCUT2D eigenvalue weighted by molar-refractivity contribution is -0.135. The zero-order valence-electron chi connectivity index (χ0n) is 19.4. The van der Waals surface area contributed by atoms with Crippen LogP contribution in [0.25, 0.3) is 27.9 Å². The summed E-state index contributed by atoms with van der Waals surface area (Å²) in [6.45, 7) is 2.88. The minimum atomic E-state index is 0.217. The number of methoxy groups -OCH3 is 1. The van der Waals surface area contributed by atoms with Crippen molar-refractivity contribution in [1.82, 2.24) is 24.5 Å². The van der Waals surface area contributed by atoms with Crippen LogP contribution in [-0.2, 0) is 4.79 Å². The number of carbonyl (C=O) groups is 1. The van der Waals surface area contributed by atoms with Gasteiger partial charge in [0.25, 0.3) is 0 Å². The van der Waals surface area contributed by atoms with Crippen molar-refractivity contribution >= 4 is 28.4 Å². The number of carbonyl (C=O) groups excluding carboxylic acids is 1. The predicted octanol–water partition coefficient (Wildman–Crippen LogP) is 3.79. The SMILES string of the molecule is COc1cccc(-c2nnc3c4ccccc4nc(N4CCN(C(=O)C5CCCC5)CC4)n23)c1. The summed E-state index contributed by atoms with van der Waals surface area (Å²) >= 11 is 0. The highest BCUT2D eigenvalue weighted by Gasteiger charge is 2.31. The second kappa shape index (κ2) is 8.59. The number of amides is 1. The molecule has 2 fully saturated rings. The molecule has 8 heteroatoms. The fourth-order valence-electron chi connectivity index (χ4n) is 5.29. The number of para-hydroxylation sites is 1. The Morgan fingerprint density at radius 3 is 2.56 bits per heavy atom. The summed E-state index contributed by atoms with van der Waals surface area (Å²) < 4.78 is 7.48. The minimum Gasteiger partial charge on any atom is -0.497 e. The topological polar surface area (TPSA) is 75.9 Å². The molecule has 1 amide bonds. The van der Waals surface area contributed by atoms with Crippen LogP contribution in [0, 0.1) is 5.92 Å². The Balaban J connectivity index is 1.40. The smallest absolute Gasteiger partial charge is 0.225 e. The van der Waals surface area contributed by atoms with Gasteiger partial charge in [0, 0.05) is 43.0 Å². The molecule has 0 spiro atoms. The maximum atomic E-state index is 12.9. The van der Waals surface area contributed by atoms with E-state index < -0.39 is 0 Å². The molecular weight excluding hydrogens is 428 g/mol. The van der Waals surface area contributed by atoms with Gasteiger partial charge in [-0.15, -0.1) is 10.2 Å². The molecule has 8 nitrogen and oxygen atoms in total. The van der Waals surface area contributed by atoms with E-state index in [1.807, 2.05) is 57.8 Å². The van der Waals surface area contributed by atoms with Crippen LogP contribution in [0.1, 0.15) is 25.7 Å². The number of nitrogens with zero attached hydrogens (tertiary/aromatic N) is 6. The highest BCUT2D eigenvalue weighted by Crippen LogP contribution is 2.31. The molecule has 0 N–H and O–H groups in total. The molecule has 3 heterocycles. The van der Waals surface area contributed by atoms with Crippen LogP contribution in [0.4, 0.5) is 5.95 Å². The van der Waals surface area contributed by atoms with Gasteiger partial charge >= 0.3 is 0 Å². The molecule has 0 bridgehead atoms. The monoisotopic (exact) mass is 456 g/mol. The Morgan fingerprint density at radius 1 is 0.971 bits per heavy atom. The second-order valence-corrected chi connectivity index (χ2v) is 9.14. The summed E-state index contributed by atoms with van der Waals surface area (Å²) in [7, 11) is 1.66.